The lowest BCUT2D eigenvalue weighted by atomic mass is 9.82. The van der Waals surface area contributed by atoms with Crippen LogP contribution in [0, 0.1) is 0 Å². The number of carbonyl (C=O) groups is 2. The minimum Gasteiger partial charge on any atom is -0.299 e. The molecule has 1 aromatic carbocycles. The second-order valence-electron chi connectivity index (χ2n) is 4.04. The highest BCUT2D eigenvalue weighted by molar-refractivity contribution is 6.15. The summed E-state index contributed by atoms with van der Waals surface area (Å²) in [6.45, 7) is 0. The Hall–Kier alpha value is -1.15. The van der Waals surface area contributed by atoms with Crippen LogP contribution in [0.15, 0.2) is 18.2 Å². The lowest BCUT2D eigenvalue weighted by Gasteiger charge is -2.19. The van der Waals surface area contributed by atoms with Crippen LogP contribution in [-0.2, 0) is 11.2 Å². The highest BCUT2D eigenvalue weighted by Gasteiger charge is 2.37. The van der Waals surface area contributed by atoms with Crippen LogP contribution in [0.1, 0.15) is 40.2 Å². The van der Waals surface area contributed by atoms with E-state index in [9.17, 15) is 9.59 Å². The number of halogens is 1. The van der Waals surface area contributed by atoms with E-state index in [1.54, 1.807) is 0 Å². The number of Topliss-reactive ketones (excluding diaryl/α,β-unsaturated/α-hetero) is 2. The van der Waals surface area contributed by atoms with Gasteiger partial charge in [-0.1, -0.05) is 18.2 Å². The van der Waals surface area contributed by atoms with Gasteiger partial charge in [-0.2, -0.15) is 0 Å². The fourth-order valence-corrected chi connectivity index (χ4v) is 2.63. The minimum absolute atomic E-state index is 0. The largest absolute Gasteiger partial charge is 0.299 e. The van der Waals surface area contributed by atoms with Crippen LogP contribution in [0.5, 0.6) is 0 Å². The summed E-state index contributed by atoms with van der Waals surface area (Å²) in [4.78, 5) is 23.2. The number of hydrogen-bond acceptors (Lipinski definition) is 2. The summed E-state index contributed by atoms with van der Waals surface area (Å²) in [5.74, 6) is 0.149. The van der Waals surface area contributed by atoms with Crippen molar-refractivity contribution in [1.29, 1.82) is 0 Å². The highest BCUT2D eigenvalue weighted by Crippen LogP contribution is 2.40. The fourth-order valence-electron chi connectivity index (χ4n) is 2.63. The molecule has 15 heavy (non-hydrogen) atoms. The van der Waals surface area contributed by atoms with Crippen LogP contribution in [0.3, 0.4) is 0 Å². The van der Waals surface area contributed by atoms with Gasteiger partial charge < -0.3 is 0 Å². The van der Waals surface area contributed by atoms with Gasteiger partial charge in [0.15, 0.2) is 5.78 Å². The average Bonchev–Trinajstić information content (AvgIpc) is 2.59. The first-order chi connectivity index (χ1) is 6.77. The van der Waals surface area contributed by atoms with Crippen molar-refractivity contribution in [2.24, 2.45) is 0 Å². The Morgan fingerprint density at radius 1 is 1.20 bits per heavy atom. The maximum absolute atomic E-state index is 11.6. The summed E-state index contributed by atoms with van der Waals surface area (Å²) in [6, 6.07) is 5.81. The molecule has 0 spiro atoms. The minimum atomic E-state index is 0. The third-order valence-corrected chi connectivity index (χ3v) is 3.27. The fraction of sp³-hybridized carbons (Fsp3) is 0.333. The Morgan fingerprint density at radius 2 is 2.00 bits per heavy atom. The molecule has 3 heteroatoms. The zero-order valence-corrected chi connectivity index (χ0v) is 8.97. The first-order valence-electron chi connectivity index (χ1n) is 4.95. The monoisotopic (exact) mass is 222 g/mol. The van der Waals surface area contributed by atoms with Crippen molar-refractivity contribution in [2.45, 2.75) is 25.2 Å². The first-order valence-corrected chi connectivity index (χ1v) is 4.95. The van der Waals surface area contributed by atoms with Crippen LogP contribution in [0.4, 0.5) is 0 Å². The van der Waals surface area contributed by atoms with Gasteiger partial charge in [-0.15, -0.1) is 12.4 Å². The molecular formula is C12H11ClO2. The number of carbonyl (C=O) groups excluding carboxylic acids is 2. The normalized spacial score (nSPS) is 22.3. The van der Waals surface area contributed by atoms with Gasteiger partial charge in [0.05, 0.1) is 6.42 Å². The smallest absolute Gasteiger partial charge is 0.170 e. The van der Waals surface area contributed by atoms with Crippen molar-refractivity contribution < 1.29 is 9.59 Å². The van der Waals surface area contributed by atoms with Crippen molar-refractivity contribution in [3.63, 3.8) is 0 Å². The molecule has 2 nitrogen and oxygen atoms in total. The van der Waals surface area contributed by atoms with Crippen molar-refractivity contribution in [3.05, 3.63) is 34.9 Å². The molecule has 0 aliphatic heterocycles. The van der Waals surface area contributed by atoms with E-state index in [-0.39, 0.29) is 36.3 Å². The molecule has 78 valence electrons. The third kappa shape index (κ3) is 1.32. The first kappa shape index (κ1) is 10.4. The summed E-state index contributed by atoms with van der Waals surface area (Å²) in [7, 11) is 0. The number of benzene rings is 1. The lowest BCUT2D eigenvalue weighted by Crippen LogP contribution is -2.23. The number of hydrogen-bond donors (Lipinski definition) is 0. The molecule has 1 atom stereocenters. The predicted octanol–water partition coefficient (Wildman–Crippen LogP) is 2.29. The molecule has 0 bridgehead atoms. The maximum atomic E-state index is 11.6. The Kier molecular flexibility index (Phi) is 2.39. The van der Waals surface area contributed by atoms with Crippen molar-refractivity contribution >= 4 is 24.0 Å². The molecule has 2 aliphatic carbocycles. The average molecular weight is 223 g/mol. The van der Waals surface area contributed by atoms with E-state index >= 15 is 0 Å². The molecule has 0 N–H and O–H groups in total. The summed E-state index contributed by atoms with van der Waals surface area (Å²) in [5, 5.41) is 0. The van der Waals surface area contributed by atoms with Crippen LogP contribution < -0.4 is 0 Å². The van der Waals surface area contributed by atoms with E-state index in [1.165, 1.54) is 5.56 Å². The Morgan fingerprint density at radius 3 is 2.80 bits per heavy atom. The maximum Gasteiger partial charge on any atom is 0.170 e. The molecule has 0 saturated carbocycles. The van der Waals surface area contributed by atoms with Gasteiger partial charge in [-0.3, -0.25) is 9.59 Å². The summed E-state index contributed by atoms with van der Waals surface area (Å²) < 4.78 is 0. The summed E-state index contributed by atoms with van der Waals surface area (Å²) in [5.41, 5.74) is 3.03. The Balaban J connectivity index is 0.000000853. The standard InChI is InChI=1S/C12H10O2.ClH/c13-10-6-11(14)9-5-4-7-2-1-3-8(10)12(7)9;/h1-3,9H,4-6H2;1H. The number of ketones is 2. The quantitative estimate of drug-likeness (QED) is 0.632. The van der Waals surface area contributed by atoms with Gasteiger partial charge in [0.2, 0.25) is 0 Å². The van der Waals surface area contributed by atoms with Gasteiger partial charge in [0.1, 0.15) is 5.78 Å². The molecule has 0 fully saturated rings. The molecule has 0 radical (unpaired) electrons. The lowest BCUT2D eigenvalue weighted by molar-refractivity contribution is -0.119. The second-order valence-corrected chi connectivity index (χ2v) is 4.04. The van der Waals surface area contributed by atoms with E-state index in [0.29, 0.717) is 0 Å². The molecule has 1 unspecified atom stereocenters. The van der Waals surface area contributed by atoms with Gasteiger partial charge in [-0.25, -0.2) is 0 Å². The summed E-state index contributed by atoms with van der Waals surface area (Å²) >= 11 is 0. The molecule has 0 amide bonds. The molecule has 0 saturated heterocycles. The van der Waals surface area contributed by atoms with Crippen LogP contribution >= 0.6 is 12.4 Å². The molecular weight excluding hydrogens is 212 g/mol. The molecule has 2 aliphatic rings. The van der Waals surface area contributed by atoms with E-state index in [1.807, 2.05) is 18.2 Å². The van der Waals surface area contributed by atoms with E-state index in [0.717, 1.165) is 24.0 Å². The van der Waals surface area contributed by atoms with Crippen LogP contribution in [0.2, 0.25) is 0 Å². The van der Waals surface area contributed by atoms with E-state index < -0.39 is 0 Å². The number of aryl methyl sites for hydroxylation is 1. The van der Waals surface area contributed by atoms with E-state index in [4.69, 9.17) is 0 Å². The van der Waals surface area contributed by atoms with Gasteiger partial charge in [-0.05, 0) is 24.0 Å². The number of rotatable bonds is 0. The SMILES string of the molecule is Cl.O=C1CC(=O)C2CCc3cccc1c32. The van der Waals surface area contributed by atoms with Gasteiger partial charge in [0, 0.05) is 11.5 Å². The zero-order chi connectivity index (χ0) is 9.71. The van der Waals surface area contributed by atoms with Gasteiger partial charge >= 0.3 is 0 Å². The zero-order valence-electron chi connectivity index (χ0n) is 8.16. The topological polar surface area (TPSA) is 34.1 Å². The van der Waals surface area contributed by atoms with Crippen molar-refractivity contribution in [1.82, 2.24) is 0 Å². The third-order valence-electron chi connectivity index (χ3n) is 3.27. The van der Waals surface area contributed by atoms with Crippen LogP contribution in [0.25, 0.3) is 0 Å². The molecule has 3 rings (SSSR count). The molecule has 0 aromatic heterocycles. The van der Waals surface area contributed by atoms with Crippen molar-refractivity contribution in [3.8, 4) is 0 Å². The van der Waals surface area contributed by atoms with Crippen molar-refractivity contribution in [2.75, 3.05) is 0 Å². The predicted molar refractivity (Wildman–Crippen MR) is 58.7 cm³/mol. The molecule has 1 aromatic rings. The Labute approximate surface area is 94.1 Å². The van der Waals surface area contributed by atoms with Crippen LogP contribution in [-0.4, -0.2) is 11.6 Å². The second kappa shape index (κ2) is 3.46. The Bertz CT molecular complexity index is 451. The molecule has 0 heterocycles. The highest BCUT2D eigenvalue weighted by atomic mass is 35.5. The van der Waals surface area contributed by atoms with Gasteiger partial charge in [0.25, 0.3) is 0 Å². The summed E-state index contributed by atoms with van der Waals surface area (Å²) in [6.07, 6.45) is 1.96. The van der Waals surface area contributed by atoms with E-state index in [2.05, 4.69) is 0 Å².